The number of alkyl halides is 1. The first kappa shape index (κ1) is 10.3. The lowest BCUT2D eigenvalue weighted by atomic mass is 10.2. The Balaban J connectivity index is 1.73. The van der Waals surface area contributed by atoms with Crippen LogP contribution in [0.3, 0.4) is 0 Å². The van der Waals surface area contributed by atoms with Crippen LogP contribution in [0.1, 0.15) is 26.2 Å². The summed E-state index contributed by atoms with van der Waals surface area (Å²) in [6.45, 7) is 3.18. The Morgan fingerprint density at radius 1 is 1.54 bits per heavy atom. The van der Waals surface area contributed by atoms with Crippen molar-refractivity contribution in [3.05, 3.63) is 0 Å². The van der Waals surface area contributed by atoms with Gasteiger partial charge in [-0.25, -0.2) is 0 Å². The fourth-order valence-corrected chi connectivity index (χ4v) is 4.30. The smallest absolute Gasteiger partial charge is 0.0666 e. The first-order chi connectivity index (χ1) is 6.26. The van der Waals surface area contributed by atoms with E-state index >= 15 is 0 Å². The van der Waals surface area contributed by atoms with E-state index in [1.54, 1.807) is 0 Å². The van der Waals surface area contributed by atoms with Gasteiger partial charge in [-0.05, 0) is 31.6 Å². The van der Waals surface area contributed by atoms with Crippen LogP contribution in [0.15, 0.2) is 0 Å². The van der Waals surface area contributed by atoms with Gasteiger partial charge >= 0.3 is 0 Å². The van der Waals surface area contributed by atoms with E-state index in [0.717, 1.165) is 11.9 Å². The van der Waals surface area contributed by atoms with Crippen LogP contribution < -0.4 is 0 Å². The van der Waals surface area contributed by atoms with Gasteiger partial charge in [-0.15, -0.1) is 0 Å². The quantitative estimate of drug-likeness (QED) is 0.722. The van der Waals surface area contributed by atoms with Crippen molar-refractivity contribution in [1.29, 1.82) is 0 Å². The van der Waals surface area contributed by atoms with Crippen LogP contribution in [0, 0.1) is 5.41 Å². The molecule has 0 aromatic rings. The average molecular weight is 265 g/mol. The third-order valence-corrected chi connectivity index (χ3v) is 6.17. The van der Waals surface area contributed by atoms with Gasteiger partial charge in [0.15, 0.2) is 0 Å². The third-order valence-electron chi connectivity index (χ3n) is 3.15. The van der Waals surface area contributed by atoms with Crippen molar-refractivity contribution in [3.8, 4) is 0 Å². The Labute approximate surface area is 93.1 Å². The normalized spacial score (nSPS) is 36.5. The Morgan fingerprint density at radius 3 is 2.77 bits per heavy atom. The molecule has 0 amide bonds. The van der Waals surface area contributed by atoms with Gasteiger partial charge in [-0.2, -0.15) is 11.8 Å². The van der Waals surface area contributed by atoms with Gasteiger partial charge in [-0.1, -0.05) is 15.9 Å². The summed E-state index contributed by atoms with van der Waals surface area (Å²) in [5.41, 5.74) is 0.660. The summed E-state index contributed by atoms with van der Waals surface area (Å²) < 4.78 is 5.55. The van der Waals surface area contributed by atoms with Crippen molar-refractivity contribution >= 4 is 27.7 Å². The van der Waals surface area contributed by atoms with Crippen LogP contribution >= 0.6 is 27.7 Å². The minimum absolute atomic E-state index is 0.483. The molecule has 1 saturated heterocycles. The van der Waals surface area contributed by atoms with Gasteiger partial charge in [0.25, 0.3) is 0 Å². The Bertz CT molecular complexity index is 182. The van der Waals surface area contributed by atoms with E-state index in [9.17, 15) is 0 Å². The molecule has 2 aliphatic rings. The molecule has 1 aliphatic heterocycles. The molecule has 0 N–H and O–H groups in total. The molecule has 0 aromatic heterocycles. The summed E-state index contributed by atoms with van der Waals surface area (Å²) in [6.07, 6.45) is 4.58. The van der Waals surface area contributed by atoms with Gasteiger partial charge in [0.05, 0.1) is 6.10 Å². The minimum atomic E-state index is 0.483. The lowest BCUT2D eigenvalue weighted by Gasteiger charge is -2.17. The highest BCUT2D eigenvalue weighted by molar-refractivity contribution is 9.09. The molecule has 3 heteroatoms. The molecule has 1 saturated carbocycles. The second-order valence-corrected chi connectivity index (χ2v) is 6.14. The minimum Gasteiger partial charge on any atom is -0.377 e. The van der Waals surface area contributed by atoms with Crippen LogP contribution in [0.25, 0.3) is 0 Å². The van der Waals surface area contributed by atoms with E-state index in [1.165, 1.54) is 30.3 Å². The summed E-state index contributed by atoms with van der Waals surface area (Å²) in [5, 5.41) is 1.95. The SMILES string of the molecule is CC1OCCC1SCC1(CBr)CC1. The molecule has 13 heavy (non-hydrogen) atoms. The van der Waals surface area contributed by atoms with Gasteiger partial charge in [0, 0.05) is 22.9 Å². The molecule has 1 aliphatic carbocycles. The summed E-state index contributed by atoms with van der Waals surface area (Å²) in [6, 6.07) is 0. The van der Waals surface area contributed by atoms with Crippen LogP contribution in [0.4, 0.5) is 0 Å². The van der Waals surface area contributed by atoms with E-state index in [4.69, 9.17) is 4.74 Å². The van der Waals surface area contributed by atoms with Crippen molar-refractivity contribution in [3.63, 3.8) is 0 Å². The molecule has 2 fully saturated rings. The van der Waals surface area contributed by atoms with Crippen molar-refractivity contribution < 1.29 is 4.74 Å². The first-order valence-electron chi connectivity index (χ1n) is 5.05. The Kier molecular flexibility index (Phi) is 3.26. The predicted molar refractivity (Wildman–Crippen MR) is 61.7 cm³/mol. The number of ether oxygens (including phenoxy) is 1. The van der Waals surface area contributed by atoms with Crippen LogP contribution in [0.5, 0.6) is 0 Å². The van der Waals surface area contributed by atoms with Crippen molar-refractivity contribution in [1.82, 2.24) is 0 Å². The van der Waals surface area contributed by atoms with Gasteiger partial charge in [0.1, 0.15) is 0 Å². The molecule has 1 nitrogen and oxygen atoms in total. The fraction of sp³-hybridized carbons (Fsp3) is 1.00. The molecule has 0 bridgehead atoms. The third kappa shape index (κ3) is 2.42. The molecule has 2 unspecified atom stereocenters. The molecule has 76 valence electrons. The summed E-state index contributed by atoms with van der Waals surface area (Å²) in [7, 11) is 0. The lowest BCUT2D eigenvalue weighted by Crippen LogP contribution is -2.17. The number of hydrogen-bond donors (Lipinski definition) is 0. The summed E-state index contributed by atoms with van der Waals surface area (Å²) in [4.78, 5) is 0. The number of thioether (sulfide) groups is 1. The van der Waals surface area contributed by atoms with Crippen molar-refractivity contribution in [2.24, 2.45) is 5.41 Å². The van der Waals surface area contributed by atoms with Crippen molar-refractivity contribution in [2.75, 3.05) is 17.7 Å². The number of hydrogen-bond acceptors (Lipinski definition) is 2. The fourth-order valence-electron chi connectivity index (χ4n) is 1.71. The van der Waals surface area contributed by atoms with Gasteiger partial charge in [-0.3, -0.25) is 0 Å². The topological polar surface area (TPSA) is 9.23 Å². The van der Waals surface area contributed by atoms with E-state index < -0.39 is 0 Å². The zero-order valence-electron chi connectivity index (χ0n) is 8.09. The van der Waals surface area contributed by atoms with Crippen LogP contribution in [0.2, 0.25) is 0 Å². The molecule has 0 spiro atoms. The standard InChI is InChI=1S/C10H17BrOS/c1-8-9(2-5-12-8)13-7-10(6-11)3-4-10/h8-9H,2-7H2,1H3. The molecule has 1 heterocycles. The van der Waals surface area contributed by atoms with E-state index in [1.807, 2.05) is 0 Å². The Morgan fingerprint density at radius 2 is 2.31 bits per heavy atom. The molecule has 0 aromatic carbocycles. The van der Waals surface area contributed by atoms with Gasteiger partial charge in [0.2, 0.25) is 0 Å². The summed E-state index contributed by atoms with van der Waals surface area (Å²) >= 11 is 5.74. The number of halogens is 1. The molecular weight excluding hydrogens is 248 g/mol. The first-order valence-corrected chi connectivity index (χ1v) is 7.22. The van der Waals surface area contributed by atoms with E-state index in [2.05, 4.69) is 34.6 Å². The van der Waals surface area contributed by atoms with Crippen LogP contribution in [-0.4, -0.2) is 29.0 Å². The summed E-state index contributed by atoms with van der Waals surface area (Å²) in [5.74, 6) is 1.33. The molecule has 2 atom stereocenters. The maximum atomic E-state index is 5.55. The second-order valence-electron chi connectivity index (χ2n) is 4.35. The van der Waals surface area contributed by atoms with E-state index in [-0.39, 0.29) is 0 Å². The Hall–Kier alpha value is 0.790. The highest BCUT2D eigenvalue weighted by Gasteiger charge is 2.42. The highest BCUT2D eigenvalue weighted by Crippen LogP contribution is 2.50. The largest absolute Gasteiger partial charge is 0.377 e. The zero-order chi connectivity index (χ0) is 9.31. The maximum Gasteiger partial charge on any atom is 0.0666 e. The highest BCUT2D eigenvalue weighted by atomic mass is 79.9. The molecule has 2 rings (SSSR count). The van der Waals surface area contributed by atoms with Crippen molar-refractivity contribution in [2.45, 2.75) is 37.5 Å². The van der Waals surface area contributed by atoms with E-state index in [0.29, 0.717) is 11.5 Å². The maximum absolute atomic E-state index is 5.55. The van der Waals surface area contributed by atoms with Gasteiger partial charge < -0.3 is 4.74 Å². The average Bonchev–Trinajstić information content (AvgIpc) is 2.82. The predicted octanol–water partition coefficient (Wildman–Crippen LogP) is 3.07. The lowest BCUT2D eigenvalue weighted by molar-refractivity contribution is 0.127. The zero-order valence-corrected chi connectivity index (χ0v) is 10.5. The molecular formula is C10H17BrOS. The molecule has 0 radical (unpaired) electrons. The monoisotopic (exact) mass is 264 g/mol. The number of rotatable bonds is 4. The van der Waals surface area contributed by atoms with Crippen LogP contribution in [-0.2, 0) is 4.74 Å². The second kappa shape index (κ2) is 4.11.